The Morgan fingerprint density at radius 2 is 1.26 bits per heavy atom. The summed E-state index contributed by atoms with van der Waals surface area (Å²) in [6.07, 6.45) is 0.318. The van der Waals surface area contributed by atoms with E-state index < -0.39 is 56.6 Å². The summed E-state index contributed by atoms with van der Waals surface area (Å²) in [4.78, 5) is 63.0. The fourth-order valence-electron chi connectivity index (χ4n) is 5.09. The minimum Gasteiger partial charge on any atom is -0.508 e. The van der Waals surface area contributed by atoms with Crippen molar-refractivity contribution in [3.8, 4) is 5.75 Å². The number of nitrogens with zero attached hydrogens (tertiary/aromatic N) is 1. The second-order valence-electron chi connectivity index (χ2n) is 10.4. The highest BCUT2D eigenvalue weighted by atomic mass is 16.6. The molecule has 0 radical (unpaired) electrons. The SMILES string of the molecule is CC1(C)CC(=O)C(C(c2cc([N+](=O)[O-])ccc2O)C2C(=O)CC(C)(C)CC2=O)C(=O)C1. The van der Waals surface area contributed by atoms with Gasteiger partial charge in [0.25, 0.3) is 5.69 Å². The van der Waals surface area contributed by atoms with E-state index in [0.29, 0.717) is 0 Å². The van der Waals surface area contributed by atoms with E-state index in [1.165, 1.54) is 0 Å². The van der Waals surface area contributed by atoms with Crippen LogP contribution in [0.4, 0.5) is 5.69 Å². The molecule has 0 heterocycles. The van der Waals surface area contributed by atoms with Crippen LogP contribution in [0.1, 0.15) is 64.9 Å². The van der Waals surface area contributed by atoms with Gasteiger partial charge in [-0.2, -0.15) is 0 Å². The van der Waals surface area contributed by atoms with Crippen LogP contribution in [0.3, 0.4) is 0 Å². The van der Waals surface area contributed by atoms with Gasteiger partial charge in [-0.25, -0.2) is 0 Å². The molecule has 8 heteroatoms. The number of carbonyl (C=O) groups is 4. The fraction of sp³-hybridized carbons (Fsp3) is 0.565. The fourth-order valence-corrected chi connectivity index (χ4v) is 5.09. The number of nitro benzene ring substituents is 1. The van der Waals surface area contributed by atoms with Crippen molar-refractivity contribution in [2.45, 2.75) is 59.3 Å². The van der Waals surface area contributed by atoms with Crippen LogP contribution in [-0.4, -0.2) is 33.2 Å². The second kappa shape index (κ2) is 7.66. The molecule has 8 nitrogen and oxygen atoms in total. The first-order chi connectivity index (χ1) is 14.2. The quantitative estimate of drug-likeness (QED) is 0.440. The lowest BCUT2D eigenvalue weighted by molar-refractivity contribution is -0.385. The van der Waals surface area contributed by atoms with Crippen LogP contribution < -0.4 is 0 Å². The third kappa shape index (κ3) is 4.43. The molecule has 1 aromatic rings. The number of rotatable bonds is 4. The monoisotopic (exact) mass is 429 g/mol. The molecule has 0 atom stereocenters. The van der Waals surface area contributed by atoms with Gasteiger partial charge in [0.2, 0.25) is 0 Å². The Labute approximate surface area is 180 Å². The molecular formula is C23H27NO7. The van der Waals surface area contributed by atoms with E-state index in [1.807, 2.05) is 0 Å². The molecule has 2 fully saturated rings. The van der Waals surface area contributed by atoms with E-state index in [-0.39, 0.29) is 42.7 Å². The van der Waals surface area contributed by atoms with Crippen LogP contribution >= 0.6 is 0 Å². The summed E-state index contributed by atoms with van der Waals surface area (Å²) in [7, 11) is 0. The highest BCUT2D eigenvalue weighted by Gasteiger charge is 2.52. The maximum absolute atomic E-state index is 13.1. The summed E-state index contributed by atoms with van der Waals surface area (Å²) in [6.45, 7) is 7.16. The third-order valence-corrected chi connectivity index (χ3v) is 6.30. The molecule has 166 valence electrons. The van der Waals surface area contributed by atoms with Crippen LogP contribution in [-0.2, 0) is 19.2 Å². The number of benzene rings is 1. The maximum atomic E-state index is 13.1. The number of aromatic hydroxyl groups is 1. The van der Waals surface area contributed by atoms with E-state index in [4.69, 9.17) is 0 Å². The van der Waals surface area contributed by atoms with E-state index in [2.05, 4.69) is 0 Å². The number of ketones is 4. The second-order valence-corrected chi connectivity index (χ2v) is 10.4. The first-order valence-corrected chi connectivity index (χ1v) is 10.3. The van der Waals surface area contributed by atoms with Crippen molar-refractivity contribution >= 4 is 28.8 Å². The van der Waals surface area contributed by atoms with E-state index in [1.54, 1.807) is 27.7 Å². The van der Waals surface area contributed by atoms with Gasteiger partial charge in [-0.15, -0.1) is 0 Å². The number of hydrogen-bond donors (Lipinski definition) is 1. The molecule has 2 aliphatic rings. The van der Waals surface area contributed by atoms with Crippen molar-refractivity contribution in [1.82, 2.24) is 0 Å². The summed E-state index contributed by atoms with van der Waals surface area (Å²) in [6, 6.07) is 3.27. The zero-order chi connectivity index (χ0) is 23.3. The molecule has 0 bridgehead atoms. The molecule has 0 aliphatic heterocycles. The number of phenols is 1. The van der Waals surface area contributed by atoms with Gasteiger partial charge < -0.3 is 5.11 Å². The number of carbonyl (C=O) groups excluding carboxylic acids is 4. The van der Waals surface area contributed by atoms with Gasteiger partial charge in [0, 0.05) is 49.3 Å². The third-order valence-electron chi connectivity index (χ3n) is 6.30. The van der Waals surface area contributed by atoms with Gasteiger partial charge in [-0.3, -0.25) is 29.3 Å². The number of phenolic OH excluding ortho intramolecular Hbond substituents is 1. The Hall–Kier alpha value is -2.90. The zero-order valence-electron chi connectivity index (χ0n) is 18.1. The summed E-state index contributed by atoms with van der Waals surface area (Å²) >= 11 is 0. The van der Waals surface area contributed by atoms with Crippen LogP contribution in [0.25, 0.3) is 0 Å². The lowest BCUT2D eigenvalue weighted by atomic mass is 9.59. The molecule has 0 spiro atoms. The maximum Gasteiger partial charge on any atom is 0.269 e. The molecular weight excluding hydrogens is 402 g/mol. The van der Waals surface area contributed by atoms with Crippen LogP contribution in [0.5, 0.6) is 5.75 Å². The molecule has 0 saturated heterocycles. The van der Waals surface area contributed by atoms with Gasteiger partial charge in [0.05, 0.1) is 16.8 Å². The van der Waals surface area contributed by atoms with E-state index in [0.717, 1.165) is 18.2 Å². The van der Waals surface area contributed by atoms with Crippen molar-refractivity contribution in [3.05, 3.63) is 33.9 Å². The standard InChI is InChI=1S/C23H27NO7/c1-22(2)8-15(26)20(16(27)9-22)19(13-7-12(24(30)31)5-6-14(13)25)21-17(28)10-23(3,4)11-18(21)29/h5-7,19-21,25H,8-11H2,1-4H3. The van der Waals surface area contributed by atoms with Crippen LogP contribution in [0.2, 0.25) is 0 Å². The molecule has 0 unspecified atom stereocenters. The molecule has 3 rings (SSSR count). The van der Waals surface area contributed by atoms with Gasteiger partial charge in [0.1, 0.15) is 28.9 Å². The summed E-state index contributed by atoms with van der Waals surface area (Å²) in [5.74, 6) is -5.91. The molecule has 1 N–H and O–H groups in total. The number of nitro groups is 1. The summed E-state index contributed by atoms with van der Waals surface area (Å²) in [5, 5.41) is 21.9. The Bertz CT molecular complexity index is 904. The Kier molecular flexibility index (Phi) is 5.63. The Balaban J connectivity index is 2.19. The van der Waals surface area contributed by atoms with E-state index >= 15 is 0 Å². The molecule has 31 heavy (non-hydrogen) atoms. The molecule has 2 aliphatic carbocycles. The van der Waals surface area contributed by atoms with Crippen LogP contribution in [0.15, 0.2) is 18.2 Å². The van der Waals surface area contributed by atoms with Crippen molar-refractivity contribution in [2.75, 3.05) is 0 Å². The molecule has 0 amide bonds. The number of hydrogen-bond acceptors (Lipinski definition) is 7. The minimum absolute atomic E-state index is 0.0768. The normalized spacial score (nSPS) is 22.2. The Morgan fingerprint density at radius 3 is 1.61 bits per heavy atom. The highest BCUT2D eigenvalue weighted by molar-refractivity contribution is 6.11. The summed E-state index contributed by atoms with van der Waals surface area (Å²) < 4.78 is 0. The lowest BCUT2D eigenvalue weighted by Gasteiger charge is -2.41. The predicted octanol–water partition coefficient (Wildman–Crippen LogP) is 3.53. The lowest BCUT2D eigenvalue weighted by Crippen LogP contribution is -2.48. The van der Waals surface area contributed by atoms with Gasteiger partial charge in [-0.05, 0) is 16.9 Å². The first kappa shape index (κ1) is 22.8. The Morgan fingerprint density at radius 1 is 0.871 bits per heavy atom. The number of non-ortho nitro benzene ring substituents is 1. The van der Waals surface area contributed by atoms with Crippen LogP contribution in [0, 0.1) is 32.8 Å². The topological polar surface area (TPSA) is 132 Å². The van der Waals surface area contributed by atoms with Gasteiger partial charge in [0.15, 0.2) is 0 Å². The number of Topliss-reactive ketones (excluding diaryl/α,β-unsaturated/α-hetero) is 4. The van der Waals surface area contributed by atoms with Crippen molar-refractivity contribution in [1.29, 1.82) is 0 Å². The highest BCUT2D eigenvalue weighted by Crippen LogP contribution is 2.49. The summed E-state index contributed by atoms with van der Waals surface area (Å²) in [5.41, 5.74) is -1.54. The van der Waals surface area contributed by atoms with Crippen molar-refractivity contribution < 1.29 is 29.2 Å². The average Bonchev–Trinajstić information content (AvgIpc) is 2.57. The predicted molar refractivity (Wildman–Crippen MR) is 111 cm³/mol. The van der Waals surface area contributed by atoms with E-state index in [9.17, 15) is 34.4 Å². The van der Waals surface area contributed by atoms with Gasteiger partial charge >= 0.3 is 0 Å². The zero-order valence-corrected chi connectivity index (χ0v) is 18.1. The molecule has 2 saturated carbocycles. The van der Waals surface area contributed by atoms with Gasteiger partial charge in [-0.1, -0.05) is 27.7 Å². The van der Waals surface area contributed by atoms with Crippen molar-refractivity contribution in [2.24, 2.45) is 22.7 Å². The molecule has 0 aromatic heterocycles. The smallest absolute Gasteiger partial charge is 0.269 e. The molecule has 1 aromatic carbocycles. The van der Waals surface area contributed by atoms with Crippen molar-refractivity contribution in [3.63, 3.8) is 0 Å². The first-order valence-electron chi connectivity index (χ1n) is 10.3. The average molecular weight is 429 g/mol. The largest absolute Gasteiger partial charge is 0.508 e. The minimum atomic E-state index is -1.31.